The summed E-state index contributed by atoms with van der Waals surface area (Å²) < 4.78 is 20.2. The summed E-state index contributed by atoms with van der Waals surface area (Å²) >= 11 is 0. The summed E-state index contributed by atoms with van der Waals surface area (Å²) in [6, 6.07) is 0.426. The molecule has 0 N–H and O–H groups in total. The number of hydrogen-bond donors (Lipinski definition) is 0. The maximum atomic E-state index is 11.1. The lowest BCUT2D eigenvalue weighted by atomic mass is 10.4. The molecule has 0 saturated carbocycles. The van der Waals surface area contributed by atoms with E-state index in [1.165, 1.54) is 21.3 Å². The monoisotopic (exact) mass is 234 g/mol. The fraction of sp³-hybridized carbons (Fsp3) is 0.667. The van der Waals surface area contributed by atoms with Crippen LogP contribution in [0.25, 0.3) is 0 Å². The molecule has 0 fully saturated rings. The van der Waals surface area contributed by atoms with E-state index in [0.717, 1.165) is 0 Å². The van der Waals surface area contributed by atoms with Gasteiger partial charge in [0, 0.05) is 26.9 Å². The van der Waals surface area contributed by atoms with E-state index in [2.05, 4.69) is 6.58 Å². The first-order chi connectivity index (χ1) is 7.01. The van der Waals surface area contributed by atoms with E-state index in [1.54, 1.807) is 6.92 Å². The first kappa shape index (κ1) is 14.3. The Morgan fingerprint density at radius 3 is 2.07 bits per heavy atom. The second kappa shape index (κ2) is 6.73. The maximum absolute atomic E-state index is 11.1. The molecule has 15 heavy (non-hydrogen) atoms. The molecule has 5 nitrogen and oxygen atoms in total. The molecule has 0 amide bonds. The summed E-state index contributed by atoms with van der Waals surface area (Å²) in [7, 11) is 3.32. The molecule has 0 aliphatic heterocycles. The van der Waals surface area contributed by atoms with Crippen molar-refractivity contribution in [3.63, 3.8) is 0 Å². The molecule has 0 heterocycles. The van der Waals surface area contributed by atoms with Crippen LogP contribution in [0, 0.1) is 0 Å². The highest BCUT2D eigenvalue weighted by Crippen LogP contribution is 2.17. The quantitative estimate of drug-likeness (QED) is 0.358. The van der Waals surface area contributed by atoms with Crippen LogP contribution in [0.4, 0.5) is 0 Å². The lowest BCUT2D eigenvalue weighted by molar-refractivity contribution is -0.340. The van der Waals surface area contributed by atoms with Gasteiger partial charge in [0.2, 0.25) is 9.76 Å². The van der Waals surface area contributed by atoms with Gasteiger partial charge in [0.15, 0.2) is 0 Å². The van der Waals surface area contributed by atoms with Gasteiger partial charge in [0.25, 0.3) is 5.97 Å². The van der Waals surface area contributed by atoms with Crippen LogP contribution in [0.3, 0.4) is 0 Å². The zero-order valence-electron chi connectivity index (χ0n) is 9.66. The zero-order valence-corrected chi connectivity index (χ0v) is 11.1. The molecule has 0 aromatic carbocycles. The summed E-state index contributed by atoms with van der Waals surface area (Å²) in [5.41, 5.74) is 0.389. The van der Waals surface area contributed by atoms with E-state index in [-0.39, 0.29) is 5.97 Å². The third-order valence-corrected chi connectivity index (χ3v) is 3.21. The smallest absolute Gasteiger partial charge is 0.319 e. The normalized spacial score (nSPS) is 12.0. The van der Waals surface area contributed by atoms with Crippen LogP contribution in [-0.4, -0.2) is 43.0 Å². The Morgan fingerprint density at radius 1 is 1.27 bits per heavy atom. The van der Waals surface area contributed by atoms with Crippen molar-refractivity contribution in [1.29, 1.82) is 0 Å². The van der Waals surface area contributed by atoms with E-state index in [9.17, 15) is 4.79 Å². The Balaban J connectivity index is 4.02. The lowest BCUT2D eigenvalue weighted by Crippen LogP contribution is -2.37. The van der Waals surface area contributed by atoms with Crippen LogP contribution in [0.15, 0.2) is 12.2 Å². The van der Waals surface area contributed by atoms with Crippen molar-refractivity contribution in [2.24, 2.45) is 0 Å². The molecule has 0 unspecified atom stereocenters. The number of ether oxygens (including phenoxy) is 3. The Hall–Kier alpha value is -0.693. The Kier molecular flexibility index (Phi) is 6.42. The van der Waals surface area contributed by atoms with E-state index < -0.39 is 15.7 Å². The van der Waals surface area contributed by atoms with E-state index >= 15 is 0 Å². The number of carbonyl (C=O) groups excluding carboxylic acids is 1. The van der Waals surface area contributed by atoms with Gasteiger partial charge in [-0.05, 0) is 6.92 Å². The summed E-state index contributed by atoms with van der Waals surface area (Å²) in [4.78, 5) is 11.1. The minimum Gasteiger partial charge on any atom is -0.521 e. The van der Waals surface area contributed by atoms with Gasteiger partial charge < -0.3 is 18.6 Å². The minimum atomic E-state index is -1.10. The Labute approximate surface area is 92.3 Å². The van der Waals surface area contributed by atoms with Gasteiger partial charge in [-0.25, -0.2) is 4.79 Å². The predicted octanol–water partition coefficient (Wildman–Crippen LogP) is 0.201. The second-order valence-electron chi connectivity index (χ2n) is 2.96. The summed E-state index contributed by atoms with van der Waals surface area (Å²) in [5.74, 6) is -1.47. The summed E-state index contributed by atoms with van der Waals surface area (Å²) in [5, 5.41) is 0. The van der Waals surface area contributed by atoms with Gasteiger partial charge in [0.1, 0.15) is 0 Å². The van der Waals surface area contributed by atoms with E-state index in [0.29, 0.717) is 11.6 Å². The highest BCUT2D eigenvalue weighted by molar-refractivity contribution is 6.31. The highest BCUT2D eigenvalue weighted by atomic mass is 28.2. The largest absolute Gasteiger partial charge is 0.521 e. The van der Waals surface area contributed by atoms with Crippen LogP contribution in [0.2, 0.25) is 6.04 Å². The van der Waals surface area contributed by atoms with Gasteiger partial charge in [-0.3, -0.25) is 0 Å². The average Bonchev–Trinajstić information content (AvgIpc) is 2.24. The van der Waals surface area contributed by atoms with E-state index in [1.807, 2.05) is 0 Å². The fourth-order valence-corrected chi connectivity index (χ4v) is 2.34. The van der Waals surface area contributed by atoms with Crippen molar-refractivity contribution in [3.8, 4) is 0 Å². The summed E-state index contributed by atoms with van der Waals surface area (Å²) in [6.07, 6.45) is 0. The van der Waals surface area contributed by atoms with Crippen LogP contribution in [-0.2, 0) is 23.4 Å². The Morgan fingerprint density at radius 2 is 1.73 bits per heavy atom. The van der Waals surface area contributed by atoms with Crippen molar-refractivity contribution >= 4 is 15.7 Å². The molecular weight excluding hydrogens is 216 g/mol. The van der Waals surface area contributed by atoms with Crippen LogP contribution < -0.4 is 0 Å². The van der Waals surface area contributed by atoms with Crippen molar-refractivity contribution < 1.29 is 23.4 Å². The third kappa shape index (κ3) is 4.56. The highest BCUT2D eigenvalue weighted by Gasteiger charge is 2.30. The molecule has 0 aliphatic carbocycles. The molecule has 0 aliphatic rings. The first-order valence-electron chi connectivity index (χ1n) is 4.49. The van der Waals surface area contributed by atoms with Crippen molar-refractivity contribution in [2.75, 3.05) is 21.3 Å². The molecule has 0 aromatic rings. The number of rotatable bonds is 7. The van der Waals surface area contributed by atoms with Gasteiger partial charge >= 0.3 is 5.97 Å². The van der Waals surface area contributed by atoms with Crippen LogP contribution in [0.1, 0.15) is 6.92 Å². The number of carbonyl (C=O) groups is 1. The topological polar surface area (TPSA) is 54.0 Å². The molecule has 0 rings (SSSR count). The fourth-order valence-electron chi connectivity index (χ4n) is 0.948. The molecule has 0 atom stereocenters. The second-order valence-corrected chi connectivity index (χ2v) is 4.16. The van der Waals surface area contributed by atoms with Gasteiger partial charge in [-0.1, -0.05) is 6.58 Å². The van der Waals surface area contributed by atoms with Crippen LogP contribution in [0.5, 0.6) is 0 Å². The number of methoxy groups -OCH3 is 3. The van der Waals surface area contributed by atoms with Crippen molar-refractivity contribution in [2.45, 2.75) is 18.9 Å². The summed E-state index contributed by atoms with van der Waals surface area (Å²) in [6.45, 7) is 5.09. The number of hydrogen-bond acceptors (Lipinski definition) is 5. The first-order valence-corrected chi connectivity index (χ1v) is 6.07. The molecule has 6 heteroatoms. The SMILES string of the molecule is C=C(C)C(=O)O[SiH2]CC(OC)(OC)OC. The Bertz CT molecular complexity index is 216. The molecule has 0 radical (unpaired) electrons. The van der Waals surface area contributed by atoms with Gasteiger partial charge in [-0.2, -0.15) is 0 Å². The average molecular weight is 234 g/mol. The molecule has 88 valence electrons. The zero-order chi connectivity index (χ0) is 11.9. The standard InChI is InChI=1S/C9H18O5Si/c1-7(2)8(10)14-15-6-9(11-3,12-4)13-5/h1,6,15H2,2-5H3. The molecule has 0 bridgehead atoms. The third-order valence-electron chi connectivity index (χ3n) is 1.92. The molecular formula is C9H18O5Si. The molecule has 0 aromatic heterocycles. The lowest BCUT2D eigenvalue weighted by Gasteiger charge is -2.28. The van der Waals surface area contributed by atoms with Crippen LogP contribution >= 0.6 is 0 Å². The molecule has 0 saturated heterocycles. The van der Waals surface area contributed by atoms with Gasteiger partial charge in [0.05, 0.1) is 6.04 Å². The van der Waals surface area contributed by atoms with Gasteiger partial charge in [-0.15, -0.1) is 0 Å². The maximum Gasteiger partial charge on any atom is 0.319 e. The van der Waals surface area contributed by atoms with Crippen molar-refractivity contribution in [1.82, 2.24) is 0 Å². The van der Waals surface area contributed by atoms with Crippen molar-refractivity contribution in [3.05, 3.63) is 12.2 Å². The molecule has 0 spiro atoms. The minimum absolute atomic E-state index is 0.376. The predicted molar refractivity (Wildman–Crippen MR) is 58.0 cm³/mol. The van der Waals surface area contributed by atoms with E-state index in [4.69, 9.17) is 18.6 Å².